The van der Waals surface area contributed by atoms with Gasteiger partial charge in [0, 0.05) is 18.1 Å². The highest BCUT2D eigenvalue weighted by molar-refractivity contribution is 5.43. The molecule has 0 aromatic heterocycles. The standard InChI is InChI=1S/C18H31F3N4O2/c1-11(22)8-12(2)24-14(10-17(25-23-3)18(19,20)21)13-6-7-15(26-4)16(9-13)27-5/h6-7,9,11-12,14,17,23-25H,8,10,22H2,1-5H3. The number of methoxy groups -OCH3 is 2. The van der Waals surface area contributed by atoms with Gasteiger partial charge in [-0.25, -0.2) is 5.43 Å². The Morgan fingerprint density at radius 2 is 1.70 bits per heavy atom. The number of alkyl halides is 3. The van der Waals surface area contributed by atoms with E-state index in [2.05, 4.69) is 16.2 Å². The molecule has 0 bridgehead atoms. The molecule has 0 heterocycles. The number of nitrogens with one attached hydrogen (secondary N) is 3. The van der Waals surface area contributed by atoms with Crippen molar-refractivity contribution in [3.63, 3.8) is 0 Å². The topological polar surface area (TPSA) is 80.6 Å². The van der Waals surface area contributed by atoms with Gasteiger partial charge in [-0.05, 0) is 51.4 Å². The monoisotopic (exact) mass is 392 g/mol. The van der Waals surface area contributed by atoms with Crippen LogP contribution in [0.25, 0.3) is 0 Å². The first-order valence-electron chi connectivity index (χ1n) is 8.84. The van der Waals surface area contributed by atoms with E-state index in [1.54, 1.807) is 18.2 Å². The van der Waals surface area contributed by atoms with E-state index < -0.39 is 18.3 Å². The minimum atomic E-state index is -4.40. The smallest absolute Gasteiger partial charge is 0.405 e. The van der Waals surface area contributed by atoms with Crippen molar-refractivity contribution in [2.45, 2.75) is 57.0 Å². The van der Waals surface area contributed by atoms with E-state index in [4.69, 9.17) is 15.2 Å². The lowest BCUT2D eigenvalue weighted by Gasteiger charge is -2.30. The van der Waals surface area contributed by atoms with Gasteiger partial charge in [0.05, 0.1) is 14.2 Å². The summed E-state index contributed by atoms with van der Waals surface area (Å²) in [5.74, 6) is 0.983. The molecular formula is C18H31F3N4O2. The van der Waals surface area contributed by atoms with Crippen LogP contribution in [0.3, 0.4) is 0 Å². The van der Waals surface area contributed by atoms with Gasteiger partial charge < -0.3 is 20.5 Å². The third kappa shape index (κ3) is 7.53. The van der Waals surface area contributed by atoms with Gasteiger partial charge in [-0.1, -0.05) is 6.07 Å². The van der Waals surface area contributed by atoms with Gasteiger partial charge in [0.2, 0.25) is 0 Å². The molecule has 0 aliphatic rings. The number of benzene rings is 1. The molecule has 4 unspecified atom stereocenters. The molecule has 1 aromatic rings. The van der Waals surface area contributed by atoms with Crippen LogP contribution in [0.4, 0.5) is 13.2 Å². The zero-order valence-electron chi connectivity index (χ0n) is 16.5. The van der Waals surface area contributed by atoms with E-state index in [1.807, 2.05) is 13.8 Å². The lowest BCUT2D eigenvalue weighted by Crippen LogP contribution is -2.50. The predicted molar refractivity (Wildman–Crippen MR) is 99.8 cm³/mol. The van der Waals surface area contributed by atoms with Gasteiger partial charge in [-0.15, -0.1) is 0 Å². The van der Waals surface area contributed by atoms with E-state index in [1.165, 1.54) is 21.3 Å². The van der Waals surface area contributed by atoms with Crippen LogP contribution < -0.4 is 31.4 Å². The van der Waals surface area contributed by atoms with E-state index in [0.29, 0.717) is 23.5 Å². The van der Waals surface area contributed by atoms with Gasteiger partial charge in [-0.2, -0.15) is 13.2 Å². The summed E-state index contributed by atoms with van der Waals surface area (Å²) in [5, 5.41) is 3.27. The van der Waals surface area contributed by atoms with Crippen molar-refractivity contribution < 1.29 is 22.6 Å². The van der Waals surface area contributed by atoms with Crippen molar-refractivity contribution in [1.29, 1.82) is 0 Å². The Bertz CT molecular complexity index is 570. The number of hydrogen-bond donors (Lipinski definition) is 4. The highest BCUT2D eigenvalue weighted by atomic mass is 19.4. The second-order valence-electron chi connectivity index (χ2n) is 6.67. The van der Waals surface area contributed by atoms with E-state index in [0.717, 1.165) is 0 Å². The van der Waals surface area contributed by atoms with Crippen LogP contribution in [0.5, 0.6) is 11.5 Å². The van der Waals surface area contributed by atoms with Crippen molar-refractivity contribution in [3.8, 4) is 11.5 Å². The summed E-state index contributed by atoms with van der Waals surface area (Å²) in [4.78, 5) is 0. The summed E-state index contributed by atoms with van der Waals surface area (Å²) >= 11 is 0. The molecule has 6 nitrogen and oxygen atoms in total. The average Bonchev–Trinajstić information content (AvgIpc) is 2.58. The molecule has 1 rings (SSSR count). The molecule has 156 valence electrons. The lowest BCUT2D eigenvalue weighted by atomic mass is 9.97. The van der Waals surface area contributed by atoms with Crippen LogP contribution in [0.2, 0.25) is 0 Å². The maximum atomic E-state index is 13.4. The minimum Gasteiger partial charge on any atom is -0.493 e. The van der Waals surface area contributed by atoms with Gasteiger partial charge in [-0.3, -0.25) is 5.43 Å². The van der Waals surface area contributed by atoms with Crippen LogP contribution in [0.15, 0.2) is 18.2 Å². The summed E-state index contributed by atoms with van der Waals surface area (Å²) in [7, 11) is 4.41. The SMILES string of the molecule is CNNC(CC(NC(C)CC(C)N)c1ccc(OC)c(OC)c1)C(F)(F)F. The molecule has 27 heavy (non-hydrogen) atoms. The maximum Gasteiger partial charge on any atom is 0.405 e. The van der Waals surface area contributed by atoms with E-state index in [9.17, 15) is 13.2 Å². The Labute approximate surface area is 158 Å². The number of hydrazine groups is 1. The summed E-state index contributed by atoms with van der Waals surface area (Å²) in [6, 6.07) is 2.71. The third-order valence-electron chi connectivity index (χ3n) is 4.21. The molecular weight excluding hydrogens is 361 g/mol. The summed E-state index contributed by atoms with van der Waals surface area (Å²) in [5.41, 5.74) is 11.2. The number of hydrogen-bond acceptors (Lipinski definition) is 6. The van der Waals surface area contributed by atoms with Gasteiger partial charge in [0.15, 0.2) is 11.5 Å². The Morgan fingerprint density at radius 1 is 1.07 bits per heavy atom. The van der Waals surface area contributed by atoms with Crippen molar-refractivity contribution >= 4 is 0 Å². The van der Waals surface area contributed by atoms with Crippen molar-refractivity contribution in [3.05, 3.63) is 23.8 Å². The molecule has 0 saturated heterocycles. The van der Waals surface area contributed by atoms with Crippen LogP contribution in [0.1, 0.15) is 38.3 Å². The lowest BCUT2D eigenvalue weighted by molar-refractivity contribution is -0.161. The fourth-order valence-electron chi connectivity index (χ4n) is 3.02. The first kappa shape index (κ1) is 23.5. The molecule has 0 fully saturated rings. The highest BCUT2D eigenvalue weighted by Gasteiger charge is 2.41. The van der Waals surface area contributed by atoms with Crippen molar-refractivity contribution in [2.24, 2.45) is 5.73 Å². The molecule has 0 saturated carbocycles. The summed E-state index contributed by atoms with van der Waals surface area (Å²) in [6.07, 6.45) is -3.97. The molecule has 5 N–H and O–H groups in total. The maximum absolute atomic E-state index is 13.4. The number of nitrogens with two attached hydrogens (primary N) is 1. The molecule has 1 aromatic carbocycles. The quantitative estimate of drug-likeness (QED) is 0.434. The second-order valence-corrected chi connectivity index (χ2v) is 6.67. The van der Waals surface area contributed by atoms with Crippen LogP contribution in [0, 0.1) is 0 Å². The molecule has 0 aliphatic heterocycles. The Hall–Kier alpha value is -1.55. The zero-order chi connectivity index (χ0) is 20.6. The zero-order valence-corrected chi connectivity index (χ0v) is 16.5. The van der Waals surface area contributed by atoms with E-state index >= 15 is 0 Å². The average molecular weight is 392 g/mol. The van der Waals surface area contributed by atoms with E-state index in [-0.39, 0.29) is 18.5 Å². The van der Waals surface area contributed by atoms with Gasteiger partial charge in [0.1, 0.15) is 6.04 Å². The Morgan fingerprint density at radius 3 is 2.19 bits per heavy atom. The summed E-state index contributed by atoms with van der Waals surface area (Å²) < 4.78 is 50.7. The molecule has 0 radical (unpaired) electrons. The Balaban J connectivity index is 3.16. The number of rotatable bonds is 11. The largest absolute Gasteiger partial charge is 0.493 e. The third-order valence-corrected chi connectivity index (χ3v) is 4.21. The molecule has 0 amide bonds. The van der Waals surface area contributed by atoms with Crippen LogP contribution in [-0.4, -0.2) is 45.6 Å². The van der Waals surface area contributed by atoms with Gasteiger partial charge in [0.25, 0.3) is 0 Å². The van der Waals surface area contributed by atoms with Crippen molar-refractivity contribution in [2.75, 3.05) is 21.3 Å². The van der Waals surface area contributed by atoms with Crippen LogP contribution in [-0.2, 0) is 0 Å². The predicted octanol–water partition coefficient (Wildman–Crippen LogP) is 2.51. The summed E-state index contributed by atoms with van der Waals surface area (Å²) in [6.45, 7) is 3.77. The molecule has 0 spiro atoms. The first-order chi connectivity index (χ1) is 12.6. The second kappa shape index (κ2) is 10.7. The highest BCUT2D eigenvalue weighted by Crippen LogP contribution is 2.34. The Kier molecular flexibility index (Phi) is 9.31. The van der Waals surface area contributed by atoms with Crippen molar-refractivity contribution in [1.82, 2.24) is 16.2 Å². The first-order valence-corrected chi connectivity index (χ1v) is 8.84. The molecule has 9 heteroatoms. The fourth-order valence-corrected chi connectivity index (χ4v) is 3.02. The number of halogens is 3. The van der Waals surface area contributed by atoms with Crippen LogP contribution >= 0.6 is 0 Å². The minimum absolute atomic E-state index is 0.0626. The molecule has 0 aliphatic carbocycles. The normalized spacial score (nSPS) is 16.5. The number of ether oxygens (including phenoxy) is 2. The molecule has 4 atom stereocenters. The fraction of sp³-hybridized carbons (Fsp3) is 0.667. The van der Waals surface area contributed by atoms with Gasteiger partial charge >= 0.3 is 6.18 Å².